The molecule has 2 nitrogen and oxygen atoms in total. The molecule has 0 radical (unpaired) electrons. The molecule has 21 heavy (non-hydrogen) atoms. The number of halogens is 2. The van der Waals surface area contributed by atoms with Gasteiger partial charge in [0.25, 0.3) is 0 Å². The molecule has 0 saturated carbocycles. The number of nitrogens with zero attached hydrogens (tertiary/aromatic N) is 1. The summed E-state index contributed by atoms with van der Waals surface area (Å²) in [5, 5.41) is 4.11. The highest BCUT2D eigenvalue weighted by Gasteiger charge is 2.14. The standard InChI is InChI=1S/C17H20BrClN2/c1-12(20-2)15-9-8-14(18)10-17(15)21(3)11-13-6-4-5-7-16(13)19/h4-10,12,20H,11H2,1-3H3. The second-order valence-corrected chi connectivity index (χ2v) is 6.48. The first-order valence-corrected chi connectivity index (χ1v) is 8.11. The van der Waals surface area contributed by atoms with E-state index < -0.39 is 0 Å². The third-order valence-electron chi connectivity index (χ3n) is 3.67. The molecule has 4 heteroatoms. The fraction of sp³-hybridized carbons (Fsp3) is 0.294. The summed E-state index contributed by atoms with van der Waals surface area (Å²) in [5.74, 6) is 0. The third kappa shape index (κ3) is 4.00. The van der Waals surface area contributed by atoms with Crippen molar-refractivity contribution in [3.63, 3.8) is 0 Å². The molecule has 2 rings (SSSR count). The summed E-state index contributed by atoms with van der Waals surface area (Å²) in [6.45, 7) is 2.94. The predicted octanol–water partition coefficient (Wildman–Crippen LogP) is 5.02. The number of hydrogen-bond acceptors (Lipinski definition) is 2. The molecule has 0 fully saturated rings. The molecule has 1 atom stereocenters. The molecule has 0 saturated heterocycles. The van der Waals surface area contributed by atoms with Gasteiger partial charge < -0.3 is 10.2 Å². The van der Waals surface area contributed by atoms with Gasteiger partial charge in [-0.1, -0.05) is 51.8 Å². The van der Waals surface area contributed by atoms with E-state index in [0.29, 0.717) is 6.04 Å². The van der Waals surface area contributed by atoms with Crippen molar-refractivity contribution in [3.8, 4) is 0 Å². The lowest BCUT2D eigenvalue weighted by atomic mass is 10.0. The second-order valence-electron chi connectivity index (χ2n) is 5.16. The van der Waals surface area contributed by atoms with Crippen LogP contribution in [0.15, 0.2) is 46.9 Å². The van der Waals surface area contributed by atoms with Gasteiger partial charge in [0.05, 0.1) is 0 Å². The maximum atomic E-state index is 6.27. The van der Waals surface area contributed by atoms with Crippen LogP contribution < -0.4 is 10.2 Å². The molecule has 1 N–H and O–H groups in total. The van der Waals surface area contributed by atoms with Crippen LogP contribution in [0.4, 0.5) is 5.69 Å². The number of benzene rings is 2. The number of rotatable bonds is 5. The van der Waals surface area contributed by atoms with E-state index in [-0.39, 0.29) is 0 Å². The fourth-order valence-corrected chi connectivity index (χ4v) is 2.88. The summed E-state index contributed by atoms with van der Waals surface area (Å²) in [6, 6.07) is 14.7. The van der Waals surface area contributed by atoms with Crippen molar-refractivity contribution in [2.24, 2.45) is 0 Å². The Labute approximate surface area is 140 Å². The predicted molar refractivity (Wildman–Crippen MR) is 95.2 cm³/mol. The van der Waals surface area contributed by atoms with Crippen LogP contribution in [-0.2, 0) is 6.54 Å². The maximum Gasteiger partial charge on any atom is 0.0455 e. The average Bonchev–Trinajstić information content (AvgIpc) is 2.48. The van der Waals surface area contributed by atoms with Gasteiger partial charge in [-0.15, -0.1) is 0 Å². The minimum Gasteiger partial charge on any atom is -0.370 e. The van der Waals surface area contributed by atoms with E-state index in [1.54, 1.807) is 0 Å². The van der Waals surface area contributed by atoms with Gasteiger partial charge in [-0.3, -0.25) is 0 Å². The molecule has 0 spiro atoms. The van der Waals surface area contributed by atoms with Crippen LogP contribution in [0, 0.1) is 0 Å². The lowest BCUT2D eigenvalue weighted by molar-refractivity contribution is 0.649. The lowest BCUT2D eigenvalue weighted by Crippen LogP contribution is -2.21. The van der Waals surface area contributed by atoms with Crippen molar-refractivity contribution in [2.45, 2.75) is 19.5 Å². The van der Waals surface area contributed by atoms with Crippen molar-refractivity contribution in [1.29, 1.82) is 0 Å². The van der Waals surface area contributed by atoms with Crippen LogP contribution in [0.1, 0.15) is 24.1 Å². The molecule has 0 amide bonds. The summed E-state index contributed by atoms with van der Waals surface area (Å²) in [4.78, 5) is 2.23. The molecular weight excluding hydrogens is 348 g/mol. The van der Waals surface area contributed by atoms with Crippen LogP contribution in [-0.4, -0.2) is 14.1 Å². The molecule has 112 valence electrons. The zero-order valence-corrected chi connectivity index (χ0v) is 14.9. The highest BCUT2D eigenvalue weighted by Crippen LogP contribution is 2.30. The quantitative estimate of drug-likeness (QED) is 0.798. The summed E-state index contributed by atoms with van der Waals surface area (Å²) in [7, 11) is 4.07. The first kappa shape index (κ1) is 16.3. The van der Waals surface area contributed by atoms with Crippen molar-refractivity contribution in [1.82, 2.24) is 5.32 Å². The minimum absolute atomic E-state index is 0.293. The number of nitrogens with one attached hydrogen (secondary N) is 1. The average molecular weight is 368 g/mol. The van der Waals surface area contributed by atoms with Crippen molar-refractivity contribution < 1.29 is 0 Å². The minimum atomic E-state index is 0.293. The van der Waals surface area contributed by atoms with Crippen molar-refractivity contribution in [2.75, 3.05) is 19.0 Å². The van der Waals surface area contributed by atoms with E-state index in [0.717, 1.165) is 21.6 Å². The molecule has 0 aliphatic heterocycles. The Morgan fingerprint density at radius 3 is 2.62 bits per heavy atom. The van der Waals surface area contributed by atoms with Gasteiger partial charge in [-0.2, -0.15) is 0 Å². The van der Waals surface area contributed by atoms with Gasteiger partial charge in [0.1, 0.15) is 0 Å². The Morgan fingerprint density at radius 1 is 1.24 bits per heavy atom. The molecule has 0 bridgehead atoms. The van der Waals surface area contributed by atoms with Crippen LogP contribution in [0.3, 0.4) is 0 Å². The summed E-state index contributed by atoms with van der Waals surface area (Å²) >= 11 is 9.83. The molecule has 0 aliphatic rings. The molecule has 0 heterocycles. The highest BCUT2D eigenvalue weighted by atomic mass is 79.9. The van der Waals surface area contributed by atoms with Crippen LogP contribution in [0.25, 0.3) is 0 Å². The van der Waals surface area contributed by atoms with Crippen LogP contribution in [0.2, 0.25) is 5.02 Å². The Balaban J connectivity index is 2.32. The van der Waals surface area contributed by atoms with Gasteiger partial charge in [0.2, 0.25) is 0 Å². The summed E-state index contributed by atoms with van der Waals surface area (Å²) in [6.07, 6.45) is 0. The van der Waals surface area contributed by atoms with E-state index in [4.69, 9.17) is 11.6 Å². The Hall–Kier alpha value is -1.03. The highest BCUT2D eigenvalue weighted by molar-refractivity contribution is 9.10. The van der Waals surface area contributed by atoms with Crippen LogP contribution >= 0.6 is 27.5 Å². The van der Waals surface area contributed by atoms with E-state index in [9.17, 15) is 0 Å². The second kappa shape index (κ2) is 7.30. The molecular formula is C17H20BrClN2. The van der Waals surface area contributed by atoms with Gasteiger partial charge in [-0.05, 0) is 43.3 Å². The van der Waals surface area contributed by atoms with E-state index in [1.165, 1.54) is 11.3 Å². The van der Waals surface area contributed by atoms with Crippen molar-refractivity contribution in [3.05, 3.63) is 63.1 Å². The first-order valence-electron chi connectivity index (χ1n) is 6.94. The van der Waals surface area contributed by atoms with E-state index in [1.807, 2.05) is 25.2 Å². The fourth-order valence-electron chi connectivity index (χ4n) is 2.34. The van der Waals surface area contributed by atoms with E-state index >= 15 is 0 Å². The van der Waals surface area contributed by atoms with Gasteiger partial charge in [0.15, 0.2) is 0 Å². The third-order valence-corrected chi connectivity index (χ3v) is 4.53. The van der Waals surface area contributed by atoms with Crippen LogP contribution in [0.5, 0.6) is 0 Å². The maximum absolute atomic E-state index is 6.27. The molecule has 2 aromatic rings. The smallest absolute Gasteiger partial charge is 0.0455 e. The zero-order valence-electron chi connectivity index (χ0n) is 12.5. The Kier molecular flexibility index (Phi) is 5.68. The lowest BCUT2D eigenvalue weighted by Gasteiger charge is -2.26. The monoisotopic (exact) mass is 366 g/mol. The molecule has 0 aliphatic carbocycles. The molecule has 1 unspecified atom stereocenters. The van der Waals surface area contributed by atoms with Gasteiger partial charge >= 0.3 is 0 Å². The van der Waals surface area contributed by atoms with Gasteiger partial charge in [-0.25, -0.2) is 0 Å². The summed E-state index contributed by atoms with van der Waals surface area (Å²) < 4.78 is 1.08. The van der Waals surface area contributed by atoms with E-state index in [2.05, 4.69) is 64.4 Å². The SMILES string of the molecule is CNC(C)c1ccc(Br)cc1N(C)Cc1ccccc1Cl. The number of anilines is 1. The number of hydrogen-bond donors (Lipinski definition) is 1. The largest absolute Gasteiger partial charge is 0.370 e. The Bertz CT molecular complexity index is 615. The molecule has 0 aromatic heterocycles. The van der Waals surface area contributed by atoms with Crippen molar-refractivity contribution >= 4 is 33.2 Å². The molecule has 2 aromatic carbocycles. The Morgan fingerprint density at radius 2 is 1.95 bits per heavy atom. The first-order chi connectivity index (χ1) is 10.0. The summed E-state index contributed by atoms with van der Waals surface area (Å²) in [5.41, 5.74) is 3.60. The normalized spacial score (nSPS) is 12.2. The zero-order chi connectivity index (χ0) is 15.4. The van der Waals surface area contributed by atoms with Gasteiger partial charge in [0, 0.05) is 34.8 Å². The topological polar surface area (TPSA) is 15.3 Å².